The molecule has 0 unspecified atom stereocenters. The Kier molecular flexibility index (Phi) is 4.42. The van der Waals surface area contributed by atoms with Crippen LogP contribution in [-0.2, 0) is 0 Å². The molecule has 3 rings (SSSR count). The van der Waals surface area contributed by atoms with Crippen molar-refractivity contribution in [1.29, 1.82) is 0 Å². The summed E-state index contributed by atoms with van der Waals surface area (Å²) in [7, 11) is 0. The molecule has 0 atom stereocenters. The van der Waals surface area contributed by atoms with Crippen molar-refractivity contribution in [2.24, 2.45) is 0 Å². The molecule has 0 N–H and O–H groups in total. The molecular weight excluding hydrogens is 304 g/mol. The van der Waals surface area contributed by atoms with E-state index in [2.05, 4.69) is 36.1 Å². The fourth-order valence-corrected chi connectivity index (χ4v) is 3.23. The van der Waals surface area contributed by atoms with Gasteiger partial charge in [0.1, 0.15) is 5.76 Å². The zero-order valence-electron chi connectivity index (χ0n) is 14.3. The van der Waals surface area contributed by atoms with Gasteiger partial charge in [0.2, 0.25) is 0 Å². The zero-order valence-corrected chi connectivity index (χ0v) is 14.3. The number of nitrogens with zero attached hydrogens (tertiary/aromatic N) is 2. The van der Waals surface area contributed by atoms with Gasteiger partial charge < -0.3 is 14.2 Å². The van der Waals surface area contributed by atoms with Gasteiger partial charge in [-0.1, -0.05) is 12.1 Å². The predicted octanol–water partition coefficient (Wildman–Crippen LogP) is 2.53. The third-order valence-corrected chi connectivity index (χ3v) is 4.48. The normalized spacial score (nSPS) is 14.8. The van der Waals surface area contributed by atoms with E-state index in [1.54, 1.807) is 13.8 Å². The molecule has 126 valence electrons. The lowest BCUT2D eigenvalue weighted by Gasteiger charge is -2.36. The minimum Gasteiger partial charge on any atom is -0.427 e. The second-order valence-electron chi connectivity index (χ2n) is 6.30. The standard InChI is InChI=1S/C19H22N2O3/c1-13-5-4-6-16(11-13)20-7-9-21(10-8-20)19(23)18-14(2)12-17(22)24-15(18)3/h4-6,11-12H,7-10H2,1-3H3. The molecule has 0 saturated carbocycles. The van der Waals surface area contributed by atoms with Gasteiger partial charge in [-0.3, -0.25) is 4.79 Å². The van der Waals surface area contributed by atoms with E-state index in [9.17, 15) is 9.59 Å². The Bertz CT molecular complexity index is 791. The van der Waals surface area contributed by atoms with Gasteiger partial charge in [0, 0.05) is 37.9 Å². The van der Waals surface area contributed by atoms with Gasteiger partial charge in [0.25, 0.3) is 5.91 Å². The molecular formula is C19H22N2O3. The largest absolute Gasteiger partial charge is 0.427 e. The van der Waals surface area contributed by atoms with Crippen LogP contribution in [0.1, 0.15) is 27.2 Å². The maximum atomic E-state index is 12.8. The van der Waals surface area contributed by atoms with Crippen molar-refractivity contribution in [1.82, 2.24) is 4.90 Å². The van der Waals surface area contributed by atoms with Gasteiger partial charge in [-0.15, -0.1) is 0 Å². The van der Waals surface area contributed by atoms with Crippen LogP contribution in [0.4, 0.5) is 5.69 Å². The van der Waals surface area contributed by atoms with Gasteiger partial charge in [-0.2, -0.15) is 0 Å². The molecule has 1 amide bonds. The number of amides is 1. The predicted molar refractivity (Wildman–Crippen MR) is 93.7 cm³/mol. The average molecular weight is 326 g/mol. The molecule has 2 heterocycles. The van der Waals surface area contributed by atoms with Crippen LogP contribution in [0.25, 0.3) is 0 Å². The van der Waals surface area contributed by atoms with E-state index in [1.165, 1.54) is 17.3 Å². The molecule has 0 bridgehead atoms. The molecule has 2 aromatic rings. The summed E-state index contributed by atoms with van der Waals surface area (Å²) in [6, 6.07) is 9.78. The summed E-state index contributed by atoms with van der Waals surface area (Å²) in [5.74, 6) is 0.337. The third kappa shape index (κ3) is 3.20. The molecule has 0 spiro atoms. The van der Waals surface area contributed by atoms with Crippen LogP contribution in [0.2, 0.25) is 0 Å². The second-order valence-corrected chi connectivity index (χ2v) is 6.30. The second kappa shape index (κ2) is 6.51. The molecule has 1 aromatic heterocycles. The van der Waals surface area contributed by atoms with E-state index in [0.29, 0.717) is 30.0 Å². The highest BCUT2D eigenvalue weighted by molar-refractivity contribution is 5.96. The Morgan fingerprint density at radius 2 is 1.75 bits per heavy atom. The molecule has 1 aromatic carbocycles. The van der Waals surface area contributed by atoms with Gasteiger partial charge in [0.15, 0.2) is 0 Å². The first kappa shape index (κ1) is 16.3. The Morgan fingerprint density at radius 3 is 2.38 bits per heavy atom. The molecule has 5 nitrogen and oxygen atoms in total. The highest BCUT2D eigenvalue weighted by Gasteiger charge is 2.25. The van der Waals surface area contributed by atoms with Crippen LogP contribution in [0, 0.1) is 20.8 Å². The van der Waals surface area contributed by atoms with Gasteiger partial charge in [0.05, 0.1) is 5.56 Å². The van der Waals surface area contributed by atoms with Crippen LogP contribution in [0.5, 0.6) is 0 Å². The summed E-state index contributed by atoms with van der Waals surface area (Å²) in [5.41, 5.74) is 3.20. The summed E-state index contributed by atoms with van der Waals surface area (Å²) < 4.78 is 5.09. The van der Waals surface area contributed by atoms with E-state index in [-0.39, 0.29) is 5.91 Å². The van der Waals surface area contributed by atoms with Crippen molar-refractivity contribution in [2.75, 3.05) is 31.1 Å². The summed E-state index contributed by atoms with van der Waals surface area (Å²) >= 11 is 0. The van der Waals surface area contributed by atoms with Crippen molar-refractivity contribution in [3.8, 4) is 0 Å². The lowest BCUT2D eigenvalue weighted by Crippen LogP contribution is -2.49. The lowest BCUT2D eigenvalue weighted by atomic mass is 10.1. The SMILES string of the molecule is Cc1cccc(N2CCN(C(=O)c3c(C)cc(=O)oc3C)CC2)c1. The number of hydrogen-bond acceptors (Lipinski definition) is 4. The fraction of sp³-hybridized carbons (Fsp3) is 0.368. The highest BCUT2D eigenvalue weighted by atomic mass is 16.4. The molecule has 1 aliphatic heterocycles. The number of aryl methyl sites for hydroxylation is 3. The number of benzene rings is 1. The van der Waals surface area contributed by atoms with Gasteiger partial charge in [-0.05, 0) is 44.0 Å². The van der Waals surface area contributed by atoms with Crippen LogP contribution < -0.4 is 10.5 Å². The molecule has 5 heteroatoms. The first-order valence-electron chi connectivity index (χ1n) is 8.18. The third-order valence-electron chi connectivity index (χ3n) is 4.48. The van der Waals surface area contributed by atoms with E-state index in [4.69, 9.17) is 4.42 Å². The Balaban J connectivity index is 1.73. The van der Waals surface area contributed by atoms with Gasteiger partial charge in [-0.25, -0.2) is 4.79 Å². The number of anilines is 1. The topological polar surface area (TPSA) is 53.8 Å². The molecule has 1 fully saturated rings. The Hall–Kier alpha value is -2.56. The van der Waals surface area contributed by atoms with Crippen LogP contribution in [0.15, 0.2) is 39.5 Å². The number of carbonyl (C=O) groups excluding carboxylic acids is 1. The van der Waals surface area contributed by atoms with Crippen molar-refractivity contribution < 1.29 is 9.21 Å². The summed E-state index contributed by atoms with van der Waals surface area (Å²) in [5, 5.41) is 0. The number of hydrogen-bond donors (Lipinski definition) is 0. The van der Waals surface area contributed by atoms with Crippen LogP contribution in [0.3, 0.4) is 0 Å². The van der Waals surface area contributed by atoms with Gasteiger partial charge >= 0.3 is 5.63 Å². The molecule has 24 heavy (non-hydrogen) atoms. The maximum absolute atomic E-state index is 12.8. The summed E-state index contributed by atoms with van der Waals surface area (Å²) in [4.78, 5) is 28.3. The first-order valence-corrected chi connectivity index (χ1v) is 8.18. The summed E-state index contributed by atoms with van der Waals surface area (Å²) in [6.45, 7) is 8.44. The molecule has 1 aliphatic rings. The monoisotopic (exact) mass is 326 g/mol. The van der Waals surface area contributed by atoms with E-state index in [1.807, 2.05) is 4.90 Å². The zero-order chi connectivity index (χ0) is 17.3. The first-order chi connectivity index (χ1) is 11.5. The molecule has 0 aliphatic carbocycles. The van der Waals surface area contributed by atoms with E-state index in [0.717, 1.165) is 13.1 Å². The number of piperazine rings is 1. The van der Waals surface area contributed by atoms with E-state index >= 15 is 0 Å². The van der Waals surface area contributed by atoms with Crippen LogP contribution >= 0.6 is 0 Å². The van der Waals surface area contributed by atoms with E-state index < -0.39 is 5.63 Å². The minimum atomic E-state index is -0.411. The quantitative estimate of drug-likeness (QED) is 0.851. The van der Waals surface area contributed by atoms with Crippen molar-refractivity contribution >= 4 is 11.6 Å². The van der Waals surface area contributed by atoms with Crippen molar-refractivity contribution in [3.05, 3.63) is 63.2 Å². The Morgan fingerprint density at radius 1 is 1.04 bits per heavy atom. The number of rotatable bonds is 2. The molecule has 0 radical (unpaired) electrons. The van der Waals surface area contributed by atoms with Crippen molar-refractivity contribution in [2.45, 2.75) is 20.8 Å². The maximum Gasteiger partial charge on any atom is 0.336 e. The Labute approximate surface area is 141 Å². The van der Waals surface area contributed by atoms with Crippen molar-refractivity contribution in [3.63, 3.8) is 0 Å². The smallest absolute Gasteiger partial charge is 0.336 e. The minimum absolute atomic E-state index is 0.0577. The highest BCUT2D eigenvalue weighted by Crippen LogP contribution is 2.20. The summed E-state index contributed by atoms with van der Waals surface area (Å²) in [6.07, 6.45) is 0. The lowest BCUT2D eigenvalue weighted by molar-refractivity contribution is 0.0742. The number of carbonyl (C=O) groups is 1. The van der Waals surface area contributed by atoms with Crippen LogP contribution in [-0.4, -0.2) is 37.0 Å². The molecule has 1 saturated heterocycles. The fourth-order valence-electron chi connectivity index (χ4n) is 3.23. The average Bonchev–Trinajstić information content (AvgIpc) is 2.54.